The number of hydrogen-bond acceptors (Lipinski definition) is 3. The summed E-state index contributed by atoms with van der Waals surface area (Å²) in [6.45, 7) is 4.18. The van der Waals surface area contributed by atoms with Gasteiger partial charge in [0, 0.05) is 12.3 Å². The first-order valence-corrected chi connectivity index (χ1v) is 12.6. The largest absolute Gasteiger partial charge is 0.390 e. The van der Waals surface area contributed by atoms with Crippen molar-refractivity contribution in [2.45, 2.75) is 89.3 Å². The predicted molar refractivity (Wildman–Crippen MR) is 121 cm³/mol. The number of carbonyl (C=O) groups is 1. The number of nitrogens with zero attached hydrogens (tertiary/aromatic N) is 1. The molecule has 0 aliphatic heterocycles. The van der Waals surface area contributed by atoms with Crippen molar-refractivity contribution in [1.29, 1.82) is 5.26 Å². The van der Waals surface area contributed by atoms with E-state index in [0.717, 1.165) is 44.1 Å². The minimum atomic E-state index is -1.13. The monoisotopic (exact) mass is 437 g/mol. The molecule has 1 aromatic carbocycles. The molecule has 0 heterocycles. The van der Waals surface area contributed by atoms with Gasteiger partial charge in [0.25, 0.3) is 0 Å². The fraction of sp³-hybridized carbons (Fsp3) is 0.714. The number of fused-ring (bicyclic) bond motifs is 5. The molecule has 4 aliphatic carbocycles. The molecule has 0 aromatic heterocycles. The minimum Gasteiger partial charge on any atom is -0.390 e. The van der Waals surface area contributed by atoms with Crippen LogP contribution in [-0.4, -0.2) is 22.2 Å². The summed E-state index contributed by atoms with van der Waals surface area (Å²) in [7, 11) is 0. The van der Waals surface area contributed by atoms with E-state index in [2.05, 4.69) is 13.0 Å². The van der Waals surface area contributed by atoms with Crippen molar-refractivity contribution in [2.24, 2.45) is 35.0 Å². The van der Waals surface area contributed by atoms with Crippen LogP contribution in [0.25, 0.3) is 0 Å². The average molecular weight is 438 g/mol. The van der Waals surface area contributed by atoms with E-state index in [9.17, 15) is 9.90 Å². The third kappa shape index (κ3) is 3.43. The summed E-state index contributed by atoms with van der Waals surface area (Å²) in [6.07, 6.45) is 7.81. The highest BCUT2D eigenvalue weighted by atomic mass is 19.1. The maximum absolute atomic E-state index is 16.5. The topological polar surface area (TPSA) is 61.1 Å². The summed E-state index contributed by atoms with van der Waals surface area (Å²) >= 11 is 0. The Balaban J connectivity index is 1.32. The molecule has 0 radical (unpaired) electrons. The molecule has 4 aliphatic rings. The SMILES string of the molecule is C[C@@]1(O)CC[C@@]2(F)[C@H](CC[C@H]3[C@@H]4CC[C@H](C(=O)Cc5ccc(C#N)cc5)[C@@]4(C)CC[C@@H]32)C1. The lowest BCUT2D eigenvalue weighted by atomic mass is 9.47. The number of hydrogen-bond donors (Lipinski definition) is 1. The molecule has 8 atom stereocenters. The zero-order valence-electron chi connectivity index (χ0n) is 19.4. The van der Waals surface area contributed by atoms with Gasteiger partial charge in [-0.2, -0.15) is 5.26 Å². The molecule has 4 saturated carbocycles. The zero-order chi connectivity index (χ0) is 22.7. The Morgan fingerprint density at radius 3 is 2.53 bits per heavy atom. The molecule has 0 bridgehead atoms. The van der Waals surface area contributed by atoms with Crippen LogP contribution in [0.1, 0.15) is 82.8 Å². The molecule has 0 unspecified atom stereocenters. The van der Waals surface area contributed by atoms with Crippen molar-refractivity contribution >= 4 is 5.78 Å². The van der Waals surface area contributed by atoms with E-state index in [1.165, 1.54) is 0 Å². The smallest absolute Gasteiger partial charge is 0.140 e. The van der Waals surface area contributed by atoms with Crippen LogP contribution in [0.5, 0.6) is 0 Å². The van der Waals surface area contributed by atoms with Crippen LogP contribution < -0.4 is 0 Å². The van der Waals surface area contributed by atoms with E-state index >= 15 is 4.39 Å². The highest BCUT2D eigenvalue weighted by Crippen LogP contribution is 2.66. The van der Waals surface area contributed by atoms with E-state index in [1.54, 1.807) is 12.1 Å². The fourth-order valence-electron chi connectivity index (χ4n) is 8.53. The van der Waals surface area contributed by atoms with Gasteiger partial charge in [-0.05, 0) is 111 Å². The first-order chi connectivity index (χ1) is 15.2. The summed E-state index contributed by atoms with van der Waals surface area (Å²) in [4.78, 5) is 13.4. The number of Topliss-reactive ketones (excluding diaryl/α,β-unsaturated/α-hetero) is 1. The van der Waals surface area contributed by atoms with E-state index in [-0.39, 0.29) is 23.2 Å². The normalized spacial score (nSPS) is 45.3. The number of aliphatic hydroxyl groups is 1. The molecular weight excluding hydrogens is 401 g/mol. The molecule has 1 N–H and O–H groups in total. The second-order valence-corrected chi connectivity index (χ2v) is 11.9. The summed E-state index contributed by atoms with van der Waals surface area (Å²) in [5.74, 6) is 1.28. The summed E-state index contributed by atoms with van der Waals surface area (Å²) < 4.78 is 16.5. The van der Waals surface area contributed by atoms with Crippen LogP contribution in [0, 0.1) is 46.3 Å². The molecule has 4 fully saturated rings. The molecule has 172 valence electrons. The van der Waals surface area contributed by atoms with Crippen LogP contribution in [0.2, 0.25) is 0 Å². The number of carbonyl (C=O) groups excluding carboxylic acids is 1. The Morgan fingerprint density at radius 2 is 1.81 bits per heavy atom. The molecule has 32 heavy (non-hydrogen) atoms. The molecule has 3 nitrogen and oxygen atoms in total. The van der Waals surface area contributed by atoms with Gasteiger partial charge in [0.15, 0.2) is 0 Å². The average Bonchev–Trinajstić information content (AvgIpc) is 3.12. The van der Waals surface area contributed by atoms with E-state index in [0.29, 0.717) is 48.9 Å². The number of ketones is 1. The number of rotatable bonds is 3. The van der Waals surface area contributed by atoms with Gasteiger partial charge in [0.1, 0.15) is 11.5 Å². The van der Waals surface area contributed by atoms with Gasteiger partial charge in [-0.15, -0.1) is 0 Å². The summed E-state index contributed by atoms with van der Waals surface area (Å²) in [5, 5.41) is 19.5. The van der Waals surface area contributed by atoms with Crippen molar-refractivity contribution in [2.75, 3.05) is 0 Å². The van der Waals surface area contributed by atoms with Gasteiger partial charge in [-0.25, -0.2) is 4.39 Å². The Bertz CT molecular complexity index is 934. The van der Waals surface area contributed by atoms with Crippen molar-refractivity contribution in [3.63, 3.8) is 0 Å². The van der Waals surface area contributed by atoms with Crippen LogP contribution in [0.15, 0.2) is 24.3 Å². The third-order valence-corrected chi connectivity index (χ3v) is 10.2. The molecule has 0 saturated heterocycles. The van der Waals surface area contributed by atoms with Gasteiger partial charge in [0.2, 0.25) is 0 Å². The van der Waals surface area contributed by atoms with E-state index < -0.39 is 11.3 Å². The van der Waals surface area contributed by atoms with Gasteiger partial charge >= 0.3 is 0 Å². The molecule has 4 heteroatoms. The van der Waals surface area contributed by atoms with Crippen molar-refractivity contribution in [1.82, 2.24) is 0 Å². The lowest BCUT2D eigenvalue weighted by Gasteiger charge is -2.59. The van der Waals surface area contributed by atoms with E-state index in [1.807, 2.05) is 19.1 Å². The number of alkyl halides is 1. The maximum atomic E-state index is 16.5. The molecular formula is C28H36FNO2. The van der Waals surface area contributed by atoms with Gasteiger partial charge in [-0.3, -0.25) is 4.79 Å². The van der Waals surface area contributed by atoms with E-state index in [4.69, 9.17) is 5.26 Å². The highest BCUT2D eigenvalue weighted by Gasteiger charge is 2.63. The second-order valence-electron chi connectivity index (χ2n) is 11.9. The fourth-order valence-corrected chi connectivity index (χ4v) is 8.53. The third-order valence-electron chi connectivity index (χ3n) is 10.2. The Kier molecular flexibility index (Phi) is 5.28. The molecule has 1 aromatic rings. The van der Waals surface area contributed by atoms with Crippen LogP contribution >= 0.6 is 0 Å². The number of nitriles is 1. The lowest BCUT2D eigenvalue weighted by Crippen LogP contribution is -2.58. The molecule has 0 amide bonds. The Hall–Kier alpha value is -1.73. The first-order valence-electron chi connectivity index (χ1n) is 12.6. The van der Waals surface area contributed by atoms with Gasteiger partial charge < -0.3 is 5.11 Å². The van der Waals surface area contributed by atoms with Crippen molar-refractivity contribution < 1.29 is 14.3 Å². The predicted octanol–water partition coefficient (Wildman–Crippen LogP) is 5.78. The zero-order valence-corrected chi connectivity index (χ0v) is 19.4. The maximum Gasteiger partial charge on any atom is 0.140 e. The minimum absolute atomic E-state index is 0.00734. The lowest BCUT2D eigenvalue weighted by molar-refractivity contribution is -0.165. The highest BCUT2D eigenvalue weighted by molar-refractivity contribution is 5.84. The summed E-state index contributed by atoms with van der Waals surface area (Å²) in [6, 6.07) is 9.49. The second kappa shape index (κ2) is 7.66. The standard InChI is InChI=1S/C28H36FNO2/c1-26(32)13-14-28(29)20(16-26)7-8-21-22-9-10-24(27(22,2)12-11-23(21)28)25(31)15-18-3-5-19(17-30)6-4-18/h3-6,20-24,32H,7-16H2,1-2H3/t20-,21+,22+,23+,24-,26-,27+,28-/m1/s1. The number of halogens is 1. The quantitative estimate of drug-likeness (QED) is 0.652. The van der Waals surface area contributed by atoms with Gasteiger partial charge in [-0.1, -0.05) is 19.1 Å². The first kappa shape index (κ1) is 22.1. The molecule has 0 spiro atoms. The van der Waals surface area contributed by atoms with Crippen LogP contribution in [0.4, 0.5) is 4.39 Å². The summed E-state index contributed by atoms with van der Waals surface area (Å²) in [5.41, 5.74) is -0.266. The molecule has 5 rings (SSSR count). The Morgan fingerprint density at radius 1 is 1.06 bits per heavy atom. The number of benzene rings is 1. The van der Waals surface area contributed by atoms with Crippen LogP contribution in [-0.2, 0) is 11.2 Å². The van der Waals surface area contributed by atoms with Crippen LogP contribution in [0.3, 0.4) is 0 Å². The van der Waals surface area contributed by atoms with Gasteiger partial charge in [0.05, 0.1) is 17.2 Å². The van der Waals surface area contributed by atoms with Crippen molar-refractivity contribution in [3.8, 4) is 6.07 Å². The Labute approximate surface area is 191 Å². The van der Waals surface area contributed by atoms with Crippen molar-refractivity contribution in [3.05, 3.63) is 35.4 Å².